The number of halogens is 4. The van der Waals surface area contributed by atoms with Gasteiger partial charge in [-0.3, -0.25) is 9.59 Å². The van der Waals surface area contributed by atoms with Crippen LogP contribution in [0.15, 0.2) is 73.2 Å². The standard InChI is InChI=1S/C27H24ClF3N8O3/c1-37(22-14-19(28)7-9-21(22)39-17-33-35-36-39)16-25(41)38(11-12-40)23(13-18-5-3-2-4-6-18)26(42)34-20-8-10-24(32-15-20)27(29,30)31/h2-10,12,14-15,17,23H,11,13,16H2,1H3,(H,34,42). The summed E-state index contributed by atoms with van der Waals surface area (Å²) in [7, 11) is 1.62. The van der Waals surface area contributed by atoms with Gasteiger partial charge in [-0.25, -0.2) is 4.98 Å². The highest BCUT2D eigenvalue weighted by Gasteiger charge is 2.33. The zero-order chi connectivity index (χ0) is 30.3. The molecule has 2 aromatic heterocycles. The lowest BCUT2D eigenvalue weighted by Gasteiger charge is -2.32. The molecule has 0 radical (unpaired) electrons. The predicted molar refractivity (Wildman–Crippen MR) is 147 cm³/mol. The van der Waals surface area contributed by atoms with Gasteiger partial charge in [0.05, 0.1) is 36.3 Å². The van der Waals surface area contributed by atoms with Crippen molar-refractivity contribution < 1.29 is 27.6 Å². The van der Waals surface area contributed by atoms with Crippen LogP contribution in [0.5, 0.6) is 0 Å². The second kappa shape index (κ2) is 13.2. The molecule has 0 spiro atoms. The van der Waals surface area contributed by atoms with Crippen molar-refractivity contribution in [3.63, 3.8) is 0 Å². The maximum absolute atomic E-state index is 13.7. The van der Waals surface area contributed by atoms with Crippen LogP contribution in [-0.4, -0.2) is 74.4 Å². The second-order valence-corrected chi connectivity index (χ2v) is 9.52. The predicted octanol–water partition coefficient (Wildman–Crippen LogP) is 3.44. The third kappa shape index (κ3) is 7.46. The number of alkyl halides is 3. The molecule has 2 amide bonds. The van der Waals surface area contributed by atoms with Gasteiger partial charge < -0.3 is 19.9 Å². The number of pyridine rings is 1. The molecule has 0 aliphatic rings. The van der Waals surface area contributed by atoms with Crippen LogP contribution in [0.3, 0.4) is 0 Å². The molecule has 42 heavy (non-hydrogen) atoms. The van der Waals surface area contributed by atoms with Crippen molar-refractivity contribution in [2.75, 3.05) is 30.4 Å². The highest BCUT2D eigenvalue weighted by atomic mass is 35.5. The normalized spacial score (nSPS) is 11.9. The molecule has 15 heteroatoms. The van der Waals surface area contributed by atoms with Gasteiger partial charge in [-0.2, -0.15) is 17.9 Å². The molecule has 4 aromatic rings. The monoisotopic (exact) mass is 600 g/mol. The van der Waals surface area contributed by atoms with E-state index in [0.717, 1.165) is 23.2 Å². The van der Waals surface area contributed by atoms with E-state index in [1.807, 2.05) is 0 Å². The van der Waals surface area contributed by atoms with Crippen molar-refractivity contribution >= 4 is 41.1 Å². The zero-order valence-corrected chi connectivity index (χ0v) is 22.8. The fourth-order valence-corrected chi connectivity index (χ4v) is 4.34. The minimum atomic E-state index is -4.65. The third-order valence-corrected chi connectivity index (χ3v) is 6.42. The number of amides is 2. The van der Waals surface area contributed by atoms with E-state index in [2.05, 4.69) is 25.8 Å². The third-order valence-electron chi connectivity index (χ3n) is 6.18. The topological polar surface area (TPSA) is 126 Å². The minimum absolute atomic E-state index is 0.00769. The van der Waals surface area contributed by atoms with Crippen LogP contribution in [0.4, 0.5) is 24.5 Å². The summed E-state index contributed by atoms with van der Waals surface area (Å²) in [5, 5.41) is 14.1. The average Bonchev–Trinajstić information content (AvgIpc) is 3.50. The summed E-state index contributed by atoms with van der Waals surface area (Å²) in [6.45, 7) is -0.692. The Morgan fingerprint density at radius 1 is 1.12 bits per heavy atom. The molecule has 0 aliphatic carbocycles. The molecule has 0 fully saturated rings. The number of carbonyl (C=O) groups excluding carboxylic acids is 3. The summed E-state index contributed by atoms with van der Waals surface area (Å²) in [5.41, 5.74) is 0.580. The number of nitrogens with zero attached hydrogens (tertiary/aromatic N) is 7. The first kappa shape index (κ1) is 30.1. The van der Waals surface area contributed by atoms with E-state index in [1.165, 1.54) is 11.0 Å². The Balaban J connectivity index is 1.61. The van der Waals surface area contributed by atoms with E-state index in [4.69, 9.17) is 11.6 Å². The van der Waals surface area contributed by atoms with Crippen molar-refractivity contribution in [1.29, 1.82) is 0 Å². The van der Waals surface area contributed by atoms with Crippen LogP contribution in [0, 0.1) is 0 Å². The zero-order valence-electron chi connectivity index (χ0n) is 22.1. The number of nitrogens with one attached hydrogen (secondary N) is 1. The molecule has 4 rings (SSSR count). The fourth-order valence-electron chi connectivity index (χ4n) is 4.17. The van der Waals surface area contributed by atoms with E-state index in [0.29, 0.717) is 28.2 Å². The van der Waals surface area contributed by atoms with E-state index < -0.39 is 36.3 Å². The summed E-state index contributed by atoms with van der Waals surface area (Å²) >= 11 is 6.22. The first-order chi connectivity index (χ1) is 20.1. The number of hydrogen-bond donors (Lipinski definition) is 1. The van der Waals surface area contributed by atoms with E-state index >= 15 is 0 Å². The fraction of sp³-hybridized carbons (Fsp3) is 0.222. The van der Waals surface area contributed by atoms with E-state index in [1.54, 1.807) is 60.5 Å². The lowest BCUT2D eigenvalue weighted by molar-refractivity contribution is -0.141. The lowest BCUT2D eigenvalue weighted by Crippen LogP contribution is -2.52. The molecule has 0 saturated carbocycles. The number of benzene rings is 2. The van der Waals surface area contributed by atoms with Gasteiger partial charge in [0.2, 0.25) is 11.8 Å². The number of likely N-dealkylation sites (N-methyl/N-ethyl adjacent to an activating group) is 1. The first-order valence-electron chi connectivity index (χ1n) is 12.4. The van der Waals surface area contributed by atoms with Crippen LogP contribution in [0.2, 0.25) is 5.02 Å². The molecule has 0 aliphatic heterocycles. The second-order valence-electron chi connectivity index (χ2n) is 9.08. The number of aldehydes is 1. The summed E-state index contributed by atoms with van der Waals surface area (Å²) in [5.74, 6) is -1.29. The number of carbonyl (C=O) groups is 3. The van der Waals surface area contributed by atoms with Crippen LogP contribution in [-0.2, 0) is 27.0 Å². The van der Waals surface area contributed by atoms with Gasteiger partial charge in [-0.1, -0.05) is 41.9 Å². The average molecular weight is 601 g/mol. The Morgan fingerprint density at radius 3 is 2.50 bits per heavy atom. The van der Waals surface area contributed by atoms with Crippen LogP contribution < -0.4 is 10.2 Å². The van der Waals surface area contributed by atoms with Crippen molar-refractivity contribution in [3.05, 3.63) is 89.5 Å². The Kier molecular flexibility index (Phi) is 9.47. The summed E-state index contributed by atoms with van der Waals surface area (Å²) < 4.78 is 40.2. The first-order valence-corrected chi connectivity index (χ1v) is 12.8. The summed E-state index contributed by atoms with van der Waals surface area (Å²) in [6.07, 6.45) is -1.88. The van der Waals surface area contributed by atoms with Crippen LogP contribution >= 0.6 is 11.6 Å². The Morgan fingerprint density at radius 2 is 1.88 bits per heavy atom. The molecule has 2 aromatic carbocycles. The van der Waals surface area contributed by atoms with Gasteiger partial charge >= 0.3 is 6.18 Å². The van der Waals surface area contributed by atoms with Gasteiger partial charge in [0.15, 0.2) is 0 Å². The Bertz CT molecular complexity index is 1520. The lowest BCUT2D eigenvalue weighted by atomic mass is 10.0. The largest absolute Gasteiger partial charge is 0.433 e. The van der Waals surface area contributed by atoms with Crippen LogP contribution in [0.1, 0.15) is 11.3 Å². The van der Waals surface area contributed by atoms with Crippen molar-refractivity contribution in [2.24, 2.45) is 0 Å². The van der Waals surface area contributed by atoms with Crippen LogP contribution in [0.25, 0.3) is 5.69 Å². The van der Waals surface area contributed by atoms with E-state index in [9.17, 15) is 27.6 Å². The van der Waals surface area contributed by atoms with E-state index in [-0.39, 0.29) is 18.7 Å². The molecule has 218 valence electrons. The van der Waals surface area contributed by atoms with Gasteiger partial charge in [0.1, 0.15) is 24.3 Å². The van der Waals surface area contributed by atoms with Gasteiger partial charge in [0.25, 0.3) is 0 Å². The smallest absolute Gasteiger partial charge is 0.363 e. The summed E-state index contributed by atoms with van der Waals surface area (Å²) in [6, 6.07) is 14.3. The van der Waals surface area contributed by atoms with Crippen molar-refractivity contribution in [2.45, 2.75) is 18.6 Å². The quantitative estimate of drug-likeness (QED) is 0.260. The Hall–Kier alpha value is -4.85. The van der Waals surface area contributed by atoms with Crippen molar-refractivity contribution in [1.82, 2.24) is 30.1 Å². The SMILES string of the molecule is CN(CC(=O)N(CC=O)C(Cc1ccccc1)C(=O)Nc1ccc(C(F)(F)F)nc1)c1cc(Cl)ccc1-n1cnnn1. The molecule has 1 N–H and O–H groups in total. The molecule has 11 nitrogen and oxygen atoms in total. The highest BCUT2D eigenvalue weighted by molar-refractivity contribution is 6.31. The summed E-state index contributed by atoms with van der Waals surface area (Å²) in [4.78, 5) is 44.9. The highest BCUT2D eigenvalue weighted by Crippen LogP contribution is 2.29. The van der Waals surface area contributed by atoms with Crippen molar-refractivity contribution in [3.8, 4) is 5.69 Å². The van der Waals surface area contributed by atoms with Gasteiger partial charge in [-0.15, -0.1) is 5.10 Å². The Labute approximate surface area is 242 Å². The molecular weight excluding hydrogens is 577 g/mol. The molecular formula is C27H24ClF3N8O3. The molecule has 0 bridgehead atoms. The molecule has 1 atom stereocenters. The molecule has 1 unspecified atom stereocenters. The molecule has 2 heterocycles. The number of anilines is 2. The number of hydrogen-bond acceptors (Lipinski definition) is 8. The number of aromatic nitrogens is 5. The van der Waals surface area contributed by atoms with Gasteiger partial charge in [0, 0.05) is 18.5 Å². The minimum Gasteiger partial charge on any atom is -0.363 e. The maximum Gasteiger partial charge on any atom is 0.433 e. The number of rotatable bonds is 11. The number of tetrazole rings is 1. The van der Waals surface area contributed by atoms with Gasteiger partial charge in [-0.05, 0) is 46.3 Å². The maximum atomic E-state index is 13.7. The molecule has 0 saturated heterocycles.